The van der Waals surface area contributed by atoms with Crippen LogP contribution in [0.15, 0.2) is 0 Å². The van der Waals surface area contributed by atoms with Crippen molar-refractivity contribution in [3.63, 3.8) is 0 Å². The molecule has 0 amide bonds. The van der Waals surface area contributed by atoms with Gasteiger partial charge in [0, 0.05) is 12.1 Å². The van der Waals surface area contributed by atoms with E-state index in [-0.39, 0.29) is 0 Å². The van der Waals surface area contributed by atoms with Crippen LogP contribution in [0.3, 0.4) is 0 Å². The highest BCUT2D eigenvalue weighted by Gasteiger charge is 2.20. The first kappa shape index (κ1) is 13.0. The third kappa shape index (κ3) is 4.52. The second-order valence-electron chi connectivity index (χ2n) is 4.94. The first-order valence-corrected chi connectivity index (χ1v) is 6.69. The highest BCUT2D eigenvalue weighted by atomic mass is 15.2. The van der Waals surface area contributed by atoms with E-state index in [1.54, 1.807) is 0 Å². The van der Waals surface area contributed by atoms with E-state index in [9.17, 15) is 0 Å². The Labute approximate surface area is 95.4 Å². The first-order valence-electron chi connectivity index (χ1n) is 6.69. The third-order valence-electron chi connectivity index (χ3n) is 3.79. The number of nitrogens with zero attached hydrogens (tertiary/aromatic N) is 1. The van der Waals surface area contributed by atoms with Gasteiger partial charge in [-0.25, -0.2) is 0 Å². The van der Waals surface area contributed by atoms with Crippen LogP contribution in [0.4, 0.5) is 0 Å². The van der Waals surface area contributed by atoms with Crippen molar-refractivity contribution >= 4 is 0 Å². The number of nitrogens with one attached hydrogen (secondary N) is 1. The molecule has 1 rings (SSSR count). The number of likely N-dealkylation sites (tertiary alicyclic amines) is 1. The topological polar surface area (TPSA) is 15.3 Å². The van der Waals surface area contributed by atoms with Crippen molar-refractivity contribution in [3.05, 3.63) is 0 Å². The lowest BCUT2D eigenvalue weighted by Crippen LogP contribution is -2.44. The maximum atomic E-state index is 3.39. The molecule has 0 aromatic heterocycles. The van der Waals surface area contributed by atoms with Crippen molar-refractivity contribution in [1.82, 2.24) is 10.2 Å². The molecule has 1 atom stereocenters. The summed E-state index contributed by atoms with van der Waals surface area (Å²) in [5.41, 5.74) is 0. The predicted molar refractivity (Wildman–Crippen MR) is 67.3 cm³/mol. The molecule has 0 radical (unpaired) electrons. The zero-order chi connectivity index (χ0) is 11.1. The summed E-state index contributed by atoms with van der Waals surface area (Å²) >= 11 is 0. The van der Waals surface area contributed by atoms with Gasteiger partial charge in [0.1, 0.15) is 0 Å². The van der Waals surface area contributed by atoms with Crippen molar-refractivity contribution in [1.29, 1.82) is 0 Å². The van der Waals surface area contributed by atoms with Gasteiger partial charge in [0.15, 0.2) is 0 Å². The maximum absolute atomic E-state index is 3.39. The van der Waals surface area contributed by atoms with E-state index in [0.717, 1.165) is 12.1 Å². The molecule has 0 saturated carbocycles. The number of rotatable bonds is 6. The van der Waals surface area contributed by atoms with E-state index in [4.69, 9.17) is 0 Å². The fraction of sp³-hybridized carbons (Fsp3) is 1.00. The number of hydrogen-bond acceptors (Lipinski definition) is 2. The van der Waals surface area contributed by atoms with Gasteiger partial charge >= 0.3 is 0 Å². The van der Waals surface area contributed by atoms with Crippen molar-refractivity contribution in [3.8, 4) is 0 Å². The van der Waals surface area contributed by atoms with Gasteiger partial charge < -0.3 is 10.2 Å². The van der Waals surface area contributed by atoms with Crippen molar-refractivity contribution in [2.75, 3.05) is 20.1 Å². The summed E-state index contributed by atoms with van der Waals surface area (Å²) in [6.45, 7) is 7.26. The molecule has 0 aromatic rings. The van der Waals surface area contributed by atoms with Gasteiger partial charge in [-0.05, 0) is 46.3 Å². The molecule has 15 heavy (non-hydrogen) atoms. The van der Waals surface area contributed by atoms with Crippen molar-refractivity contribution < 1.29 is 0 Å². The third-order valence-corrected chi connectivity index (χ3v) is 3.79. The fourth-order valence-electron chi connectivity index (χ4n) is 2.50. The Kier molecular flexibility index (Phi) is 6.26. The molecule has 1 unspecified atom stereocenters. The van der Waals surface area contributed by atoms with E-state index in [0.29, 0.717) is 0 Å². The van der Waals surface area contributed by atoms with E-state index < -0.39 is 0 Å². The van der Waals surface area contributed by atoms with Gasteiger partial charge in [-0.2, -0.15) is 0 Å². The van der Waals surface area contributed by atoms with Gasteiger partial charge in [0.05, 0.1) is 0 Å². The number of unbranched alkanes of at least 4 members (excludes halogenated alkanes) is 2. The summed E-state index contributed by atoms with van der Waals surface area (Å²) in [7, 11) is 2.09. The Morgan fingerprint density at radius 1 is 1.27 bits per heavy atom. The molecule has 1 fully saturated rings. The molecule has 1 heterocycles. The average molecular weight is 212 g/mol. The summed E-state index contributed by atoms with van der Waals surface area (Å²) in [5, 5.41) is 3.39. The van der Waals surface area contributed by atoms with E-state index in [2.05, 4.69) is 31.1 Å². The first-order chi connectivity index (χ1) is 7.27. The fourth-order valence-corrected chi connectivity index (χ4v) is 2.50. The summed E-state index contributed by atoms with van der Waals surface area (Å²) in [6, 6.07) is 1.57. The molecule has 1 aliphatic heterocycles. The van der Waals surface area contributed by atoms with Crippen LogP contribution in [0.2, 0.25) is 0 Å². The van der Waals surface area contributed by atoms with Crippen LogP contribution in [-0.4, -0.2) is 37.1 Å². The Balaban J connectivity index is 2.15. The Hall–Kier alpha value is -0.0800. The van der Waals surface area contributed by atoms with E-state index >= 15 is 0 Å². The van der Waals surface area contributed by atoms with Crippen LogP contribution in [0.5, 0.6) is 0 Å². The summed E-state index contributed by atoms with van der Waals surface area (Å²) in [4.78, 5) is 2.67. The summed E-state index contributed by atoms with van der Waals surface area (Å²) in [6.07, 6.45) is 8.19. The van der Waals surface area contributed by atoms with Crippen LogP contribution in [0.1, 0.15) is 52.4 Å². The molecule has 90 valence electrons. The second-order valence-corrected chi connectivity index (χ2v) is 4.94. The smallest absolute Gasteiger partial charge is 0.00884 e. The molecule has 0 aromatic carbocycles. The average Bonchev–Trinajstić information content (AvgIpc) is 2.29. The zero-order valence-corrected chi connectivity index (χ0v) is 10.8. The number of hydrogen-bond donors (Lipinski definition) is 1. The highest BCUT2D eigenvalue weighted by molar-refractivity contribution is 4.78. The maximum Gasteiger partial charge on any atom is 0.00884 e. The Morgan fingerprint density at radius 2 is 1.93 bits per heavy atom. The second kappa shape index (κ2) is 7.24. The molecule has 2 heteroatoms. The molecule has 0 bridgehead atoms. The minimum absolute atomic E-state index is 0.768. The van der Waals surface area contributed by atoms with Gasteiger partial charge in [-0.3, -0.25) is 0 Å². The van der Waals surface area contributed by atoms with E-state index in [1.165, 1.54) is 51.6 Å². The Bertz CT molecular complexity index is 151. The zero-order valence-electron chi connectivity index (χ0n) is 10.8. The molecule has 2 nitrogen and oxygen atoms in total. The summed E-state index contributed by atoms with van der Waals surface area (Å²) < 4.78 is 0. The molecule has 0 aliphatic carbocycles. The van der Waals surface area contributed by atoms with Crippen LogP contribution >= 0.6 is 0 Å². The van der Waals surface area contributed by atoms with Crippen LogP contribution in [0, 0.1) is 0 Å². The van der Waals surface area contributed by atoms with Crippen molar-refractivity contribution in [2.45, 2.75) is 64.5 Å². The lowest BCUT2D eigenvalue weighted by Gasteiger charge is -2.36. The molecule has 0 spiro atoms. The number of piperidine rings is 1. The quantitative estimate of drug-likeness (QED) is 0.681. The SMILES string of the molecule is CCCCCC(C)N1CCC(NC)CC1. The highest BCUT2D eigenvalue weighted by Crippen LogP contribution is 2.16. The Morgan fingerprint density at radius 3 is 2.47 bits per heavy atom. The molecule has 1 N–H and O–H groups in total. The van der Waals surface area contributed by atoms with Crippen molar-refractivity contribution in [2.24, 2.45) is 0 Å². The molecular formula is C13H28N2. The molecule has 1 saturated heterocycles. The van der Waals surface area contributed by atoms with Gasteiger partial charge in [-0.15, -0.1) is 0 Å². The lowest BCUT2D eigenvalue weighted by atomic mass is 10.0. The van der Waals surface area contributed by atoms with Crippen LogP contribution in [0.25, 0.3) is 0 Å². The minimum Gasteiger partial charge on any atom is -0.317 e. The lowest BCUT2D eigenvalue weighted by molar-refractivity contribution is 0.146. The van der Waals surface area contributed by atoms with Crippen LogP contribution < -0.4 is 5.32 Å². The largest absolute Gasteiger partial charge is 0.317 e. The normalized spacial score (nSPS) is 21.8. The summed E-state index contributed by atoms with van der Waals surface area (Å²) in [5.74, 6) is 0. The van der Waals surface area contributed by atoms with E-state index in [1.807, 2.05) is 0 Å². The van der Waals surface area contributed by atoms with Gasteiger partial charge in [0.2, 0.25) is 0 Å². The standard InChI is InChI=1S/C13H28N2/c1-4-5-6-7-12(2)15-10-8-13(14-3)9-11-15/h12-14H,4-11H2,1-3H3. The van der Waals surface area contributed by atoms with Gasteiger partial charge in [-0.1, -0.05) is 26.2 Å². The monoisotopic (exact) mass is 212 g/mol. The minimum atomic E-state index is 0.768. The van der Waals surface area contributed by atoms with Crippen LogP contribution in [-0.2, 0) is 0 Å². The molecular weight excluding hydrogens is 184 g/mol. The molecule has 1 aliphatic rings. The van der Waals surface area contributed by atoms with Gasteiger partial charge in [0.25, 0.3) is 0 Å². The predicted octanol–water partition coefficient (Wildman–Crippen LogP) is 2.64.